The standard InChI is InChI=1S/C19H11ClF2N2O/c20-18-17-15(9-23-10-16(17)25)24(14-7-5-13(22)6-8-14)19(18)11-1-3-12(21)4-2-11/h1-10,25H. The molecule has 0 aliphatic carbocycles. The quantitative estimate of drug-likeness (QED) is 0.527. The Hall–Kier alpha value is -2.92. The van der Waals surface area contributed by atoms with Crippen LogP contribution in [-0.2, 0) is 0 Å². The minimum Gasteiger partial charge on any atom is -0.506 e. The molecule has 0 unspecified atom stereocenters. The molecule has 2 aromatic carbocycles. The van der Waals surface area contributed by atoms with Crippen molar-refractivity contribution in [2.75, 3.05) is 0 Å². The number of fused-ring (bicyclic) bond motifs is 1. The van der Waals surface area contributed by atoms with Crippen LogP contribution in [0.15, 0.2) is 60.9 Å². The molecule has 0 spiro atoms. The predicted octanol–water partition coefficient (Wildman–Crippen LogP) is 5.33. The van der Waals surface area contributed by atoms with Crippen molar-refractivity contribution in [3.63, 3.8) is 0 Å². The van der Waals surface area contributed by atoms with Crippen LogP contribution in [0.25, 0.3) is 27.8 Å². The van der Waals surface area contributed by atoms with Crippen LogP contribution in [-0.4, -0.2) is 14.7 Å². The number of aromatic nitrogens is 2. The summed E-state index contributed by atoms with van der Waals surface area (Å²) in [6.07, 6.45) is 2.87. The Morgan fingerprint density at radius 2 is 1.48 bits per heavy atom. The number of hydrogen-bond acceptors (Lipinski definition) is 2. The monoisotopic (exact) mass is 356 g/mol. The highest BCUT2D eigenvalue weighted by molar-refractivity contribution is 6.39. The van der Waals surface area contributed by atoms with Crippen molar-refractivity contribution >= 4 is 22.5 Å². The highest BCUT2D eigenvalue weighted by Crippen LogP contribution is 2.42. The van der Waals surface area contributed by atoms with E-state index in [2.05, 4.69) is 4.98 Å². The summed E-state index contributed by atoms with van der Waals surface area (Å²) in [5.41, 5.74) is 2.43. The van der Waals surface area contributed by atoms with E-state index >= 15 is 0 Å². The maximum Gasteiger partial charge on any atom is 0.144 e. The van der Waals surface area contributed by atoms with E-state index in [0.717, 1.165) is 0 Å². The summed E-state index contributed by atoms with van der Waals surface area (Å²) in [6, 6.07) is 11.7. The van der Waals surface area contributed by atoms with E-state index in [1.54, 1.807) is 35.0 Å². The zero-order chi connectivity index (χ0) is 17.6. The highest BCUT2D eigenvalue weighted by Gasteiger charge is 2.21. The molecular formula is C19H11ClF2N2O. The van der Waals surface area contributed by atoms with Crippen LogP contribution in [0, 0.1) is 11.6 Å². The first-order chi connectivity index (χ1) is 12.1. The van der Waals surface area contributed by atoms with Gasteiger partial charge in [-0.15, -0.1) is 0 Å². The van der Waals surface area contributed by atoms with E-state index in [1.165, 1.54) is 30.5 Å². The van der Waals surface area contributed by atoms with Gasteiger partial charge >= 0.3 is 0 Å². The molecular weight excluding hydrogens is 346 g/mol. The third-order valence-corrected chi connectivity index (χ3v) is 4.37. The summed E-state index contributed by atoms with van der Waals surface area (Å²) < 4.78 is 28.4. The zero-order valence-electron chi connectivity index (χ0n) is 12.7. The lowest BCUT2D eigenvalue weighted by molar-refractivity contribution is 0.479. The van der Waals surface area contributed by atoms with E-state index in [1.807, 2.05) is 0 Å². The van der Waals surface area contributed by atoms with Gasteiger partial charge in [0.25, 0.3) is 0 Å². The highest BCUT2D eigenvalue weighted by atomic mass is 35.5. The van der Waals surface area contributed by atoms with Gasteiger partial charge in [0.05, 0.1) is 34.0 Å². The molecule has 0 bridgehead atoms. The maximum atomic E-state index is 13.3. The molecule has 0 saturated carbocycles. The minimum absolute atomic E-state index is 0.0632. The van der Waals surface area contributed by atoms with E-state index in [9.17, 15) is 13.9 Å². The molecule has 0 atom stereocenters. The lowest BCUT2D eigenvalue weighted by Crippen LogP contribution is -1.97. The molecule has 0 aliphatic rings. The second-order valence-corrected chi connectivity index (χ2v) is 5.91. The number of rotatable bonds is 2. The SMILES string of the molecule is Oc1cncc2c1c(Cl)c(-c1ccc(F)cc1)n2-c1ccc(F)cc1. The molecule has 0 saturated heterocycles. The molecule has 6 heteroatoms. The molecule has 0 radical (unpaired) electrons. The van der Waals surface area contributed by atoms with Crippen molar-refractivity contribution in [2.24, 2.45) is 0 Å². The minimum atomic E-state index is -0.367. The molecule has 25 heavy (non-hydrogen) atoms. The maximum absolute atomic E-state index is 13.3. The normalized spacial score (nSPS) is 11.2. The first-order valence-electron chi connectivity index (χ1n) is 7.45. The van der Waals surface area contributed by atoms with Gasteiger partial charge in [0.2, 0.25) is 0 Å². The fourth-order valence-electron chi connectivity index (χ4n) is 2.89. The van der Waals surface area contributed by atoms with E-state index < -0.39 is 0 Å². The summed E-state index contributed by atoms with van der Waals surface area (Å²) in [4.78, 5) is 4.01. The van der Waals surface area contributed by atoms with Gasteiger partial charge in [-0.1, -0.05) is 11.6 Å². The molecule has 124 valence electrons. The summed E-state index contributed by atoms with van der Waals surface area (Å²) in [6.45, 7) is 0. The van der Waals surface area contributed by atoms with Gasteiger partial charge < -0.3 is 9.67 Å². The van der Waals surface area contributed by atoms with Crippen LogP contribution in [0.1, 0.15) is 0 Å². The second-order valence-electron chi connectivity index (χ2n) is 5.53. The number of hydrogen-bond donors (Lipinski definition) is 1. The summed E-state index contributed by atoms with van der Waals surface area (Å²) in [5, 5.41) is 10.9. The second kappa shape index (κ2) is 5.86. The van der Waals surface area contributed by atoms with E-state index in [-0.39, 0.29) is 17.4 Å². The molecule has 0 fully saturated rings. The Kier molecular flexibility index (Phi) is 3.66. The smallest absolute Gasteiger partial charge is 0.144 e. The van der Waals surface area contributed by atoms with Gasteiger partial charge in [-0.25, -0.2) is 8.78 Å². The van der Waals surface area contributed by atoms with Crippen LogP contribution in [0.4, 0.5) is 8.78 Å². The fraction of sp³-hybridized carbons (Fsp3) is 0. The van der Waals surface area contributed by atoms with Gasteiger partial charge in [-0.2, -0.15) is 0 Å². The molecule has 3 nitrogen and oxygen atoms in total. The van der Waals surface area contributed by atoms with Crippen LogP contribution in [0.2, 0.25) is 5.02 Å². The van der Waals surface area contributed by atoms with Gasteiger partial charge in [-0.3, -0.25) is 4.98 Å². The topological polar surface area (TPSA) is 38.1 Å². The van der Waals surface area contributed by atoms with Crippen molar-refractivity contribution in [1.82, 2.24) is 9.55 Å². The Morgan fingerprint density at radius 1 is 0.880 bits per heavy atom. The zero-order valence-corrected chi connectivity index (χ0v) is 13.5. The largest absolute Gasteiger partial charge is 0.506 e. The predicted molar refractivity (Wildman–Crippen MR) is 93.1 cm³/mol. The Labute approximate surface area is 146 Å². The van der Waals surface area contributed by atoms with E-state index in [4.69, 9.17) is 11.6 Å². The van der Waals surface area contributed by atoms with Gasteiger partial charge in [0.1, 0.15) is 17.4 Å². The van der Waals surface area contributed by atoms with Crippen LogP contribution in [0.5, 0.6) is 5.75 Å². The van der Waals surface area contributed by atoms with Crippen LogP contribution < -0.4 is 0 Å². The van der Waals surface area contributed by atoms with Gasteiger partial charge in [0.15, 0.2) is 0 Å². The molecule has 4 aromatic rings. The average molecular weight is 357 g/mol. The van der Waals surface area contributed by atoms with Crippen molar-refractivity contribution in [3.8, 4) is 22.7 Å². The molecule has 0 amide bonds. The lowest BCUT2D eigenvalue weighted by atomic mass is 10.1. The number of nitrogens with zero attached hydrogens (tertiary/aromatic N) is 2. The van der Waals surface area contributed by atoms with Crippen molar-refractivity contribution in [1.29, 1.82) is 0 Å². The summed E-state index contributed by atoms with van der Waals surface area (Å²) in [5.74, 6) is -0.795. The fourth-order valence-corrected chi connectivity index (χ4v) is 3.28. The third kappa shape index (κ3) is 2.53. The first kappa shape index (κ1) is 15.6. The molecule has 0 aliphatic heterocycles. The summed E-state index contributed by atoms with van der Waals surface area (Å²) >= 11 is 6.55. The van der Waals surface area contributed by atoms with Crippen LogP contribution in [0.3, 0.4) is 0 Å². The summed E-state index contributed by atoms with van der Waals surface area (Å²) in [7, 11) is 0. The number of benzene rings is 2. The van der Waals surface area contributed by atoms with Crippen LogP contribution >= 0.6 is 11.6 Å². The third-order valence-electron chi connectivity index (χ3n) is 4.00. The van der Waals surface area contributed by atoms with Gasteiger partial charge in [-0.05, 0) is 48.5 Å². The van der Waals surface area contributed by atoms with Crippen molar-refractivity contribution in [2.45, 2.75) is 0 Å². The van der Waals surface area contributed by atoms with Crippen molar-refractivity contribution < 1.29 is 13.9 Å². The van der Waals surface area contributed by atoms with E-state index in [0.29, 0.717) is 32.9 Å². The molecule has 4 rings (SSSR count). The Balaban J connectivity index is 2.11. The molecule has 2 aromatic heterocycles. The van der Waals surface area contributed by atoms with Gasteiger partial charge in [0, 0.05) is 11.3 Å². The Morgan fingerprint density at radius 3 is 2.12 bits per heavy atom. The average Bonchev–Trinajstić information content (AvgIpc) is 2.90. The Bertz CT molecular complexity index is 1070. The first-order valence-corrected chi connectivity index (χ1v) is 7.83. The number of halogens is 3. The molecule has 1 N–H and O–H groups in total. The van der Waals surface area contributed by atoms with Crippen molar-refractivity contribution in [3.05, 3.63) is 77.6 Å². The number of pyridine rings is 1. The molecule has 2 heterocycles. The lowest BCUT2D eigenvalue weighted by Gasteiger charge is -2.11. The number of aromatic hydroxyl groups is 1.